The van der Waals surface area contributed by atoms with Gasteiger partial charge in [0.15, 0.2) is 5.78 Å². The summed E-state index contributed by atoms with van der Waals surface area (Å²) >= 11 is 3.71. The van der Waals surface area contributed by atoms with Gasteiger partial charge in [0.05, 0.1) is 8.45 Å². The lowest BCUT2D eigenvalue weighted by atomic mass is 10.1. The molecule has 1 aromatic heterocycles. The van der Waals surface area contributed by atoms with Gasteiger partial charge < -0.3 is 5.32 Å². The van der Waals surface area contributed by atoms with Gasteiger partial charge in [-0.15, -0.1) is 11.3 Å². The summed E-state index contributed by atoms with van der Waals surface area (Å²) in [6, 6.07) is 8.70. The number of benzene rings is 1. The molecule has 0 aliphatic heterocycles. The number of ketones is 1. The van der Waals surface area contributed by atoms with Crippen LogP contribution in [0, 0.1) is 2.88 Å². The molecule has 2 rings (SSSR count). The minimum absolute atomic E-state index is 0.0141. The van der Waals surface area contributed by atoms with Gasteiger partial charge in [0, 0.05) is 16.6 Å². The van der Waals surface area contributed by atoms with Crippen molar-refractivity contribution in [2.45, 2.75) is 6.92 Å². The molecule has 0 saturated carbocycles. The van der Waals surface area contributed by atoms with E-state index < -0.39 is 0 Å². The third-order valence-electron chi connectivity index (χ3n) is 2.38. The molecule has 0 fully saturated rings. The lowest BCUT2D eigenvalue weighted by molar-refractivity contribution is 0.101. The smallest absolute Gasteiger partial charge is 0.256 e. The van der Waals surface area contributed by atoms with Crippen LogP contribution >= 0.6 is 33.9 Å². The monoisotopic (exact) mass is 371 g/mol. The minimum atomic E-state index is -0.134. The van der Waals surface area contributed by atoms with E-state index in [1.54, 1.807) is 24.3 Å². The lowest BCUT2D eigenvalue weighted by Crippen LogP contribution is -2.10. The Morgan fingerprint density at radius 2 is 1.83 bits per heavy atom. The number of rotatable bonds is 3. The van der Waals surface area contributed by atoms with Gasteiger partial charge in [-0.3, -0.25) is 9.59 Å². The van der Waals surface area contributed by atoms with Crippen LogP contribution in [0.4, 0.5) is 5.69 Å². The summed E-state index contributed by atoms with van der Waals surface area (Å²) in [6.07, 6.45) is 0. The fourth-order valence-corrected chi connectivity index (χ4v) is 2.75. The van der Waals surface area contributed by atoms with Crippen LogP contribution in [0.5, 0.6) is 0 Å². The van der Waals surface area contributed by atoms with Crippen molar-refractivity contribution in [2.75, 3.05) is 5.32 Å². The Morgan fingerprint density at radius 1 is 1.17 bits per heavy atom. The first-order chi connectivity index (χ1) is 8.56. The number of Topliss-reactive ketones (excluding diaryl/α,β-unsaturated/α-hetero) is 1. The standard InChI is InChI=1S/C13H10INO2S/c1-8(16)9-2-4-11(5-3-9)15-13(17)10-6-12(14)18-7-10/h2-7H,1H3,(H,15,17). The van der Waals surface area contributed by atoms with Gasteiger partial charge in [0.25, 0.3) is 5.91 Å². The number of hydrogen-bond acceptors (Lipinski definition) is 3. The Labute approximate surface area is 122 Å². The topological polar surface area (TPSA) is 46.2 Å². The van der Waals surface area contributed by atoms with Crippen LogP contribution in [-0.4, -0.2) is 11.7 Å². The zero-order chi connectivity index (χ0) is 13.1. The molecule has 5 heteroatoms. The summed E-state index contributed by atoms with van der Waals surface area (Å²) in [7, 11) is 0. The fraction of sp³-hybridized carbons (Fsp3) is 0.0769. The molecule has 0 aliphatic rings. The Kier molecular flexibility index (Phi) is 4.13. The van der Waals surface area contributed by atoms with Crippen molar-refractivity contribution in [3.05, 3.63) is 49.7 Å². The second kappa shape index (κ2) is 5.62. The first-order valence-electron chi connectivity index (χ1n) is 5.22. The maximum absolute atomic E-state index is 11.9. The molecule has 2 aromatic rings. The molecule has 1 aromatic carbocycles. The second-order valence-electron chi connectivity index (χ2n) is 3.73. The minimum Gasteiger partial charge on any atom is -0.322 e. The molecule has 1 heterocycles. The summed E-state index contributed by atoms with van der Waals surface area (Å²) in [5.41, 5.74) is 1.98. The first kappa shape index (κ1) is 13.2. The molecular weight excluding hydrogens is 361 g/mol. The fourth-order valence-electron chi connectivity index (χ4n) is 1.42. The van der Waals surface area contributed by atoms with E-state index in [1.165, 1.54) is 18.3 Å². The number of carbonyl (C=O) groups is 2. The first-order valence-corrected chi connectivity index (χ1v) is 7.18. The molecule has 0 atom stereocenters. The highest BCUT2D eigenvalue weighted by Gasteiger charge is 2.08. The zero-order valence-electron chi connectivity index (χ0n) is 9.57. The predicted molar refractivity (Wildman–Crippen MR) is 81.4 cm³/mol. The molecule has 1 amide bonds. The van der Waals surface area contributed by atoms with Gasteiger partial charge in [-0.2, -0.15) is 0 Å². The quantitative estimate of drug-likeness (QED) is 0.659. The van der Waals surface area contributed by atoms with E-state index in [9.17, 15) is 9.59 Å². The molecule has 0 radical (unpaired) electrons. The van der Waals surface area contributed by atoms with Crippen molar-refractivity contribution in [3.8, 4) is 0 Å². The van der Waals surface area contributed by atoms with Crippen molar-refractivity contribution < 1.29 is 9.59 Å². The third-order valence-corrected chi connectivity index (χ3v) is 4.17. The van der Waals surface area contributed by atoms with Crippen molar-refractivity contribution in [1.82, 2.24) is 0 Å². The summed E-state index contributed by atoms with van der Waals surface area (Å²) < 4.78 is 1.07. The van der Waals surface area contributed by atoms with Crippen LogP contribution in [0.25, 0.3) is 0 Å². The van der Waals surface area contributed by atoms with E-state index in [4.69, 9.17) is 0 Å². The van der Waals surface area contributed by atoms with E-state index >= 15 is 0 Å². The molecule has 0 saturated heterocycles. The number of carbonyl (C=O) groups excluding carboxylic acids is 2. The molecule has 0 spiro atoms. The summed E-state index contributed by atoms with van der Waals surface area (Å²) in [5, 5.41) is 4.61. The Hall–Kier alpha value is -1.21. The van der Waals surface area contributed by atoms with Crippen LogP contribution in [0.2, 0.25) is 0 Å². The van der Waals surface area contributed by atoms with Crippen LogP contribution in [-0.2, 0) is 0 Å². The highest BCUT2D eigenvalue weighted by atomic mass is 127. The van der Waals surface area contributed by atoms with Gasteiger partial charge in [-0.05, 0) is 59.8 Å². The largest absolute Gasteiger partial charge is 0.322 e. The van der Waals surface area contributed by atoms with Gasteiger partial charge in [0.2, 0.25) is 0 Å². The van der Waals surface area contributed by atoms with E-state index in [1.807, 2.05) is 11.4 Å². The number of amides is 1. The second-order valence-corrected chi connectivity index (χ2v) is 6.53. The summed E-state index contributed by atoms with van der Waals surface area (Å²) in [4.78, 5) is 23.0. The SMILES string of the molecule is CC(=O)c1ccc(NC(=O)c2csc(I)c2)cc1. The number of halogens is 1. The van der Waals surface area contributed by atoms with Gasteiger partial charge in [-0.1, -0.05) is 0 Å². The molecule has 18 heavy (non-hydrogen) atoms. The Bertz CT molecular complexity index is 589. The van der Waals surface area contributed by atoms with Crippen molar-refractivity contribution >= 4 is 51.3 Å². The van der Waals surface area contributed by atoms with Gasteiger partial charge in [-0.25, -0.2) is 0 Å². The molecule has 0 unspecified atom stereocenters. The van der Waals surface area contributed by atoms with Crippen molar-refractivity contribution in [1.29, 1.82) is 0 Å². The molecule has 0 aliphatic carbocycles. The predicted octanol–water partition coefficient (Wildman–Crippen LogP) is 3.81. The molecular formula is C13H10INO2S. The van der Waals surface area contributed by atoms with Gasteiger partial charge >= 0.3 is 0 Å². The molecule has 0 bridgehead atoms. The average molecular weight is 371 g/mol. The number of nitrogens with one attached hydrogen (secondary N) is 1. The van der Waals surface area contributed by atoms with E-state index in [0.717, 1.165) is 2.88 Å². The number of anilines is 1. The summed E-state index contributed by atoms with van der Waals surface area (Å²) in [5.74, 6) is -0.120. The maximum Gasteiger partial charge on any atom is 0.256 e. The van der Waals surface area contributed by atoms with Crippen LogP contribution < -0.4 is 5.32 Å². The van der Waals surface area contributed by atoms with E-state index in [0.29, 0.717) is 16.8 Å². The number of hydrogen-bond donors (Lipinski definition) is 1. The van der Waals surface area contributed by atoms with E-state index in [2.05, 4.69) is 27.9 Å². The average Bonchev–Trinajstić information content (AvgIpc) is 2.76. The highest BCUT2D eigenvalue weighted by molar-refractivity contribution is 14.1. The molecule has 3 nitrogen and oxygen atoms in total. The van der Waals surface area contributed by atoms with Crippen LogP contribution in [0.3, 0.4) is 0 Å². The lowest BCUT2D eigenvalue weighted by Gasteiger charge is -2.04. The third kappa shape index (κ3) is 3.17. The number of thiophene rings is 1. The maximum atomic E-state index is 11.9. The van der Waals surface area contributed by atoms with Crippen LogP contribution in [0.1, 0.15) is 27.6 Å². The van der Waals surface area contributed by atoms with Gasteiger partial charge in [0.1, 0.15) is 0 Å². The Morgan fingerprint density at radius 3 is 2.33 bits per heavy atom. The zero-order valence-corrected chi connectivity index (χ0v) is 12.5. The van der Waals surface area contributed by atoms with Crippen LogP contribution in [0.15, 0.2) is 35.7 Å². The van der Waals surface area contributed by atoms with Crippen molar-refractivity contribution in [2.24, 2.45) is 0 Å². The van der Waals surface area contributed by atoms with E-state index in [-0.39, 0.29) is 11.7 Å². The highest BCUT2D eigenvalue weighted by Crippen LogP contribution is 2.18. The molecule has 92 valence electrons. The normalized spacial score (nSPS) is 10.1. The van der Waals surface area contributed by atoms with Crippen molar-refractivity contribution in [3.63, 3.8) is 0 Å². The summed E-state index contributed by atoms with van der Waals surface area (Å²) in [6.45, 7) is 1.51. The Balaban J connectivity index is 2.10. The molecule has 1 N–H and O–H groups in total.